The molecule has 20 heavy (non-hydrogen) atoms. The molecule has 0 saturated heterocycles. The van der Waals surface area contributed by atoms with Crippen LogP contribution in [0.5, 0.6) is 0 Å². The average molecular weight is 342 g/mol. The molecule has 2 rings (SSSR count). The lowest BCUT2D eigenvalue weighted by Gasteiger charge is -2.37. The lowest BCUT2D eigenvalue weighted by Crippen LogP contribution is -2.44. The normalized spacial score (nSPS) is 19.4. The number of aryl methyl sites for hydroxylation is 2. The smallest absolute Gasteiger partial charge is 0.0738 e. The van der Waals surface area contributed by atoms with Gasteiger partial charge >= 0.3 is 0 Å². The monoisotopic (exact) mass is 341 g/mol. The fraction of sp³-hybridized carbons (Fsp3) is 0.812. The minimum atomic E-state index is 0.477. The highest BCUT2D eigenvalue weighted by atomic mass is 79.9. The van der Waals surface area contributed by atoms with Crippen LogP contribution in [0.4, 0.5) is 0 Å². The highest BCUT2D eigenvalue weighted by Gasteiger charge is 2.39. The fourth-order valence-corrected chi connectivity index (χ4v) is 4.36. The molecule has 0 bridgehead atoms. The molecule has 0 spiro atoms. The SMILES string of the molecule is CCn1nc(C)c(Br)c1CC(NC)C1(CC)CCCC1. The highest BCUT2D eigenvalue weighted by Crippen LogP contribution is 2.45. The Morgan fingerprint density at radius 3 is 2.50 bits per heavy atom. The van der Waals surface area contributed by atoms with Crippen molar-refractivity contribution in [2.24, 2.45) is 5.41 Å². The van der Waals surface area contributed by atoms with Crippen LogP contribution in [0.3, 0.4) is 0 Å². The van der Waals surface area contributed by atoms with Crippen molar-refractivity contribution < 1.29 is 0 Å². The van der Waals surface area contributed by atoms with E-state index < -0.39 is 0 Å². The molecule has 0 aromatic carbocycles. The van der Waals surface area contributed by atoms with Crippen LogP contribution in [0.25, 0.3) is 0 Å². The lowest BCUT2D eigenvalue weighted by atomic mass is 9.74. The Bertz CT molecular complexity index is 447. The number of nitrogens with zero attached hydrogens (tertiary/aromatic N) is 2. The maximum absolute atomic E-state index is 4.63. The Balaban J connectivity index is 2.26. The number of aromatic nitrogens is 2. The van der Waals surface area contributed by atoms with E-state index in [0.29, 0.717) is 11.5 Å². The van der Waals surface area contributed by atoms with E-state index >= 15 is 0 Å². The third-order valence-corrected chi connectivity index (χ3v) is 6.27. The Morgan fingerprint density at radius 1 is 1.35 bits per heavy atom. The van der Waals surface area contributed by atoms with E-state index in [-0.39, 0.29) is 0 Å². The molecule has 0 aliphatic heterocycles. The molecule has 1 atom stereocenters. The largest absolute Gasteiger partial charge is 0.316 e. The van der Waals surface area contributed by atoms with Gasteiger partial charge < -0.3 is 5.32 Å². The molecule has 1 aromatic heterocycles. The summed E-state index contributed by atoms with van der Waals surface area (Å²) >= 11 is 3.74. The van der Waals surface area contributed by atoms with E-state index in [0.717, 1.165) is 18.7 Å². The number of hydrogen-bond donors (Lipinski definition) is 1. The second kappa shape index (κ2) is 6.61. The summed E-state index contributed by atoms with van der Waals surface area (Å²) in [6.45, 7) is 7.55. The van der Waals surface area contributed by atoms with Gasteiger partial charge in [0.25, 0.3) is 0 Å². The number of halogens is 1. The summed E-state index contributed by atoms with van der Waals surface area (Å²) in [6.07, 6.45) is 7.85. The number of rotatable bonds is 6. The molecule has 4 heteroatoms. The van der Waals surface area contributed by atoms with Crippen LogP contribution in [0, 0.1) is 12.3 Å². The molecule has 1 fully saturated rings. The van der Waals surface area contributed by atoms with Crippen molar-refractivity contribution in [2.45, 2.75) is 71.9 Å². The summed E-state index contributed by atoms with van der Waals surface area (Å²) < 4.78 is 3.35. The van der Waals surface area contributed by atoms with E-state index in [4.69, 9.17) is 0 Å². The molecule has 3 nitrogen and oxygen atoms in total. The Morgan fingerprint density at radius 2 is 2.00 bits per heavy atom. The average Bonchev–Trinajstić information content (AvgIpc) is 3.04. The van der Waals surface area contributed by atoms with Crippen molar-refractivity contribution in [3.63, 3.8) is 0 Å². The Labute approximate surface area is 131 Å². The van der Waals surface area contributed by atoms with E-state index in [1.807, 2.05) is 0 Å². The van der Waals surface area contributed by atoms with E-state index in [9.17, 15) is 0 Å². The molecule has 1 aliphatic carbocycles. The first-order valence-corrected chi connectivity index (χ1v) is 8.76. The van der Waals surface area contributed by atoms with Crippen molar-refractivity contribution in [3.05, 3.63) is 15.9 Å². The topological polar surface area (TPSA) is 29.9 Å². The summed E-state index contributed by atoms with van der Waals surface area (Å²) in [5, 5.41) is 8.24. The van der Waals surface area contributed by atoms with Gasteiger partial charge in [-0.05, 0) is 61.5 Å². The molecule has 1 aromatic rings. The first kappa shape index (κ1) is 16.0. The van der Waals surface area contributed by atoms with Crippen LogP contribution in [0.2, 0.25) is 0 Å². The van der Waals surface area contributed by atoms with Crippen LogP contribution in [0.15, 0.2) is 4.47 Å². The van der Waals surface area contributed by atoms with Gasteiger partial charge in [0.15, 0.2) is 0 Å². The molecule has 0 amide bonds. The standard InChI is InChI=1S/C16H28BrN3/c1-5-16(9-7-8-10-16)14(18-4)11-13-15(17)12(3)19-20(13)6-2/h14,18H,5-11H2,1-4H3. The number of nitrogens with one attached hydrogen (secondary N) is 1. The van der Waals surface area contributed by atoms with Gasteiger partial charge in [0.05, 0.1) is 15.9 Å². The number of likely N-dealkylation sites (N-methyl/N-ethyl adjacent to an activating group) is 1. The fourth-order valence-electron chi connectivity index (χ4n) is 3.91. The van der Waals surface area contributed by atoms with Gasteiger partial charge in [-0.25, -0.2) is 0 Å². The van der Waals surface area contributed by atoms with E-state index in [1.54, 1.807) is 0 Å². The first-order valence-electron chi connectivity index (χ1n) is 7.97. The highest BCUT2D eigenvalue weighted by molar-refractivity contribution is 9.10. The maximum Gasteiger partial charge on any atom is 0.0738 e. The molecule has 1 N–H and O–H groups in total. The zero-order valence-electron chi connectivity index (χ0n) is 13.3. The van der Waals surface area contributed by atoms with Crippen molar-refractivity contribution in [1.82, 2.24) is 15.1 Å². The van der Waals surface area contributed by atoms with Crippen molar-refractivity contribution in [2.75, 3.05) is 7.05 Å². The molecular formula is C16H28BrN3. The summed E-state index contributed by atoms with van der Waals surface area (Å²) in [7, 11) is 2.12. The van der Waals surface area contributed by atoms with E-state index in [1.165, 1.54) is 42.3 Å². The second-order valence-corrected chi connectivity index (χ2v) is 6.92. The van der Waals surface area contributed by atoms with Gasteiger partial charge in [0.2, 0.25) is 0 Å². The minimum absolute atomic E-state index is 0.477. The summed E-state index contributed by atoms with van der Waals surface area (Å²) in [4.78, 5) is 0. The molecule has 114 valence electrons. The van der Waals surface area contributed by atoms with Gasteiger partial charge in [-0.3, -0.25) is 4.68 Å². The molecular weight excluding hydrogens is 314 g/mol. The van der Waals surface area contributed by atoms with Crippen molar-refractivity contribution >= 4 is 15.9 Å². The van der Waals surface area contributed by atoms with Crippen molar-refractivity contribution in [3.8, 4) is 0 Å². The Hall–Kier alpha value is -0.350. The van der Waals surface area contributed by atoms with Crippen LogP contribution in [-0.2, 0) is 13.0 Å². The lowest BCUT2D eigenvalue weighted by molar-refractivity contribution is 0.190. The van der Waals surface area contributed by atoms with Crippen LogP contribution in [0.1, 0.15) is 57.3 Å². The molecule has 1 unspecified atom stereocenters. The summed E-state index contributed by atoms with van der Waals surface area (Å²) in [5.41, 5.74) is 2.93. The zero-order valence-corrected chi connectivity index (χ0v) is 14.9. The van der Waals surface area contributed by atoms with Gasteiger partial charge in [0, 0.05) is 19.0 Å². The van der Waals surface area contributed by atoms with Gasteiger partial charge in [-0.15, -0.1) is 0 Å². The predicted molar refractivity (Wildman–Crippen MR) is 88.1 cm³/mol. The molecule has 1 heterocycles. The second-order valence-electron chi connectivity index (χ2n) is 6.13. The maximum atomic E-state index is 4.63. The van der Waals surface area contributed by atoms with Crippen LogP contribution < -0.4 is 5.32 Å². The summed E-state index contributed by atoms with van der Waals surface area (Å²) in [5.74, 6) is 0. The van der Waals surface area contributed by atoms with Gasteiger partial charge in [0.1, 0.15) is 0 Å². The third kappa shape index (κ3) is 2.82. The third-order valence-electron chi connectivity index (χ3n) is 5.24. The minimum Gasteiger partial charge on any atom is -0.316 e. The van der Waals surface area contributed by atoms with E-state index in [2.05, 4.69) is 58.8 Å². The Kier molecular flexibility index (Phi) is 5.30. The van der Waals surface area contributed by atoms with Crippen LogP contribution in [-0.4, -0.2) is 22.9 Å². The first-order chi connectivity index (χ1) is 9.57. The number of hydrogen-bond acceptors (Lipinski definition) is 2. The summed E-state index contributed by atoms with van der Waals surface area (Å²) in [6, 6.07) is 0.549. The van der Waals surface area contributed by atoms with Crippen molar-refractivity contribution in [1.29, 1.82) is 0 Å². The molecule has 1 saturated carbocycles. The zero-order chi connectivity index (χ0) is 14.8. The van der Waals surface area contributed by atoms with Crippen LogP contribution >= 0.6 is 15.9 Å². The predicted octanol–water partition coefficient (Wildman–Crippen LogP) is 4.07. The molecule has 1 aliphatic rings. The quantitative estimate of drug-likeness (QED) is 0.844. The molecule has 0 radical (unpaired) electrons. The van der Waals surface area contributed by atoms with Gasteiger partial charge in [-0.1, -0.05) is 19.8 Å². The van der Waals surface area contributed by atoms with Gasteiger partial charge in [-0.2, -0.15) is 5.10 Å².